The third kappa shape index (κ3) is 6.13. The number of hydrogen-bond acceptors (Lipinski definition) is 6. The number of piperidine rings is 1. The Labute approximate surface area is 221 Å². The maximum absolute atomic E-state index is 12.7. The van der Waals surface area contributed by atoms with Crippen molar-refractivity contribution in [2.24, 2.45) is 5.41 Å². The Morgan fingerprint density at radius 3 is 2.76 bits per heavy atom. The lowest BCUT2D eigenvalue weighted by atomic mass is 9.78. The molecule has 6 nitrogen and oxygen atoms in total. The van der Waals surface area contributed by atoms with Gasteiger partial charge in [0.15, 0.2) is 0 Å². The molecule has 3 aromatic rings. The first-order chi connectivity index (χ1) is 15.5. The van der Waals surface area contributed by atoms with Crippen molar-refractivity contribution in [1.82, 2.24) is 20.6 Å². The molecule has 1 saturated heterocycles. The molecule has 10 heteroatoms. The average Bonchev–Trinajstić information content (AvgIpc) is 3.49. The van der Waals surface area contributed by atoms with Gasteiger partial charge in [0.05, 0.1) is 16.1 Å². The van der Waals surface area contributed by atoms with Crippen molar-refractivity contribution in [3.8, 4) is 10.6 Å². The molecule has 3 N–H and O–H groups in total. The SMILES string of the molecule is CC1(CCNc2ncc(Cl)c(-c3cc4c(C(=O)NC5CC5)cccc4s3)n2)CCNCC1.Cl.Cl. The highest BCUT2D eigenvalue weighted by molar-refractivity contribution is 7.22. The highest BCUT2D eigenvalue weighted by Crippen LogP contribution is 2.38. The van der Waals surface area contributed by atoms with Gasteiger partial charge in [-0.3, -0.25) is 4.79 Å². The van der Waals surface area contributed by atoms with Crippen LogP contribution in [0.15, 0.2) is 30.5 Å². The van der Waals surface area contributed by atoms with Crippen molar-refractivity contribution in [1.29, 1.82) is 0 Å². The molecule has 5 rings (SSSR count). The number of fused-ring (bicyclic) bond motifs is 1. The fraction of sp³-hybridized carbons (Fsp3) is 0.458. The molecule has 2 fully saturated rings. The summed E-state index contributed by atoms with van der Waals surface area (Å²) in [7, 11) is 0. The Balaban J connectivity index is 0.00000162. The highest BCUT2D eigenvalue weighted by Gasteiger charge is 2.26. The zero-order valence-corrected chi connectivity index (χ0v) is 22.2. The van der Waals surface area contributed by atoms with Crippen molar-refractivity contribution < 1.29 is 4.79 Å². The number of nitrogens with one attached hydrogen (secondary N) is 3. The van der Waals surface area contributed by atoms with Crippen LogP contribution in [0.25, 0.3) is 20.7 Å². The molecule has 0 unspecified atom stereocenters. The third-order valence-corrected chi connectivity index (χ3v) is 7.90. The van der Waals surface area contributed by atoms with Gasteiger partial charge in [-0.25, -0.2) is 9.97 Å². The number of carbonyl (C=O) groups excluding carboxylic acids is 1. The van der Waals surface area contributed by atoms with Gasteiger partial charge in [-0.05, 0) is 68.8 Å². The molecule has 1 aliphatic carbocycles. The fourth-order valence-electron chi connectivity index (χ4n) is 4.25. The summed E-state index contributed by atoms with van der Waals surface area (Å²) in [6.45, 7) is 5.36. The minimum absolute atomic E-state index is 0. The van der Waals surface area contributed by atoms with Gasteiger partial charge in [0.25, 0.3) is 5.91 Å². The zero-order chi connectivity index (χ0) is 22.1. The van der Waals surface area contributed by atoms with E-state index in [4.69, 9.17) is 16.6 Å². The van der Waals surface area contributed by atoms with Gasteiger partial charge >= 0.3 is 0 Å². The molecule has 3 heterocycles. The van der Waals surface area contributed by atoms with Gasteiger partial charge in [-0.2, -0.15) is 0 Å². The molecular formula is C24H30Cl3N5OS. The predicted molar refractivity (Wildman–Crippen MR) is 146 cm³/mol. The number of carbonyl (C=O) groups is 1. The number of rotatable bonds is 7. The first-order valence-corrected chi connectivity index (χ1v) is 12.5. The summed E-state index contributed by atoms with van der Waals surface area (Å²) < 4.78 is 1.05. The summed E-state index contributed by atoms with van der Waals surface area (Å²) in [5, 5.41) is 11.4. The number of benzene rings is 1. The van der Waals surface area contributed by atoms with E-state index in [2.05, 4.69) is 27.9 Å². The van der Waals surface area contributed by atoms with Gasteiger partial charge < -0.3 is 16.0 Å². The molecule has 0 atom stereocenters. The van der Waals surface area contributed by atoms with Gasteiger partial charge in [-0.15, -0.1) is 36.2 Å². The Morgan fingerprint density at radius 1 is 1.26 bits per heavy atom. The largest absolute Gasteiger partial charge is 0.354 e. The van der Waals surface area contributed by atoms with E-state index >= 15 is 0 Å². The summed E-state index contributed by atoms with van der Waals surface area (Å²) >= 11 is 8.08. The number of nitrogens with zero attached hydrogens (tertiary/aromatic N) is 2. The first kappa shape index (κ1) is 27.0. The lowest BCUT2D eigenvalue weighted by Crippen LogP contribution is -2.35. The monoisotopic (exact) mass is 541 g/mol. The summed E-state index contributed by atoms with van der Waals surface area (Å²) in [5.74, 6) is 0.580. The Hall–Kier alpha value is -1.64. The van der Waals surface area contributed by atoms with Gasteiger partial charge in [0, 0.05) is 28.2 Å². The lowest BCUT2D eigenvalue weighted by Gasteiger charge is -2.34. The van der Waals surface area contributed by atoms with Crippen LogP contribution in [0.1, 0.15) is 49.4 Å². The maximum Gasteiger partial charge on any atom is 0.252 e. The second-order valence-electron chi connectivity index (χ2n) is 9.20. The minimum Gasteiger partial charge on any atom is -0.354 e. The lowest BCUT2D eigenvalue weighted by molar-refractivity contribution is 0.0952. The topological polar surface area (TPSA) is 78.9 Å². The highest BCUT2D eigenvalue weighted by atomic mass is 35.5. The molecule has 0 radical (unpaired) electrons. The van der Waals surface area contributed by atoms with E-state index in [1.54, 1.807) is 17.5 Å². The van der Waals surface area contributed by atoms with E-state index < -0.39 is 0 Å². The standard InChI is InChI=1S/C24H28ClN5OS.2ClH/c1-24(7-10-26-11-8-24)9-12-27-23-28-14-18(25)21(30-23)20-13-17-16(3-2-4-19(17)32-20)22(31)29-15-5-6-15;;/h2-4,13-15,26H,5-12H2,1H3,(H,29,31)(H,27,28,30);2*1H. The number of halogens is 3. The Morgan fingerprint density at radius 2 is 2.03 bits per heavy atom. The zero-order valence-electron chi connectivity index (χ0n) is 19.0. The number of anilines is 1. The van der Waals surface area contributed by atoms with Crippen LogP contribution in [-0.2, 0) is 0 Å². The van der Waals surface area contributed by atoms with Crippen molar-refractivity contribution in [3.05, 3.63) is 41.0 Å². The molecule has 1 aliphatic heterocycles. The van der Waals surface area contributed by atoms with Crippen molar-refractivity contribution in [2.45, 2.75) is 45.1 Å². The third-order valence-electron chi connectivity index (χ3n) is 6.52. The number of hydrogen-bond donors (Lipinski definition) is 3. The summed E-state index contributed by atoms with van der Waals surface area (Å²) in [6.07, 6.45) is 7.26. The number of thiophene rings is 1. The Bertz CT molecular complexity index is 1140. The number of aromatic nitrogens is 2. The van der Waals surface area contributed by atoms with Crippen LogP contribution in [0, 0.1) is 5.41 Å². The van der Waals surface area contributed by atoms with Crippen LogP contribution in [0.5, 0.6) is 0 Å². The maximum atomic E-state index is 12.7. The van der Waals surface area contributed by atoms with Crippen LogP contribution in [0.3, 0.4) is 0 Å². The minimum atomic E-state index is -0.00926. The summed E-state index contributed by atoms with van der Waals surface area (Å²) in [4.78, 5) is 22.7. The predicted octanol–water partition coefficient (Wildman–Crippen LogP) is 5.94. The van der Waals surface area contributed by atoms with E-state index in [0.717, 1.165) is 53.9 Å². The molecule has 1 aromatic carbocycles. The van der Waals surface area contributed by atoms with Crippen molar-refractivity contribution >= 4 is 69.7 Å². The average molecular weight is 543 g/mol. The smallest absolute Gasteiger partial charge is 0.252 e. The molecule has 2 aromatic heterocycles. The summed E-state index contributed by atoms with van der Waals surface area (Å²) in [6, 6.07) is 8.20. The van der Waals surface area contributed by atoms with Gasteiger partial charge in [-0.1, -0.05) is 24.6 Å². The van der Waals surface area contributed by atoms with Crippen LogP contribution >= 0.6 is 47.8 Å². The first-order valence-electron chi connectivity index (χ1n) is 11.3. The van der Waals surface area contributed by atoms with Crippen molar-refractivity contribution in [3.63, 3.8) is 0 Å². The second kappa shape index (κ2) is 11.4. The normalized spacial score (nSPS) is 16.9. The molecule has 184 valence electrons. The van der Waals surface area contributed by atoms with E-state index in [9.17, 15) is 4.79 Å². The second-order valence-corrected chi connectivity index (χ2v) is 10.7. The molecule has 1 amide bonds. The van der Waals surface area contributed by atoms with Gasteiger partial charge in [0.1, 0.15) is 5.69 Å². The number of amides is 1. The molecule has 2 aliphatic rings. The molecule has 1 saturated carbocycles. The van der Waals surface area contributed by atoms with Crippen LogP contribution in [0.2, 0.25) is 5.02 Å². The van der Waals surface area contributed by atoms with E-state index in [0.29, 0.717) is 33.7 Å². The van der Waals surface area contributed by atoms with Crippen LogP contribution in [-0.4, -0.2) is 41.6 Å². The van der Waals surface area contributed by atoms with Crippen LogP contribution in [0.4, 0.5) is 5.95 Å². The summed E-state index contributed by atoms with van der Waals surface area (Å²) in [5.41, 5.74) is 1.76. The van der Waals surface area contributed by atoms with Gasteiger partial charge in [0.2, 0.25) is 5.95 Å². The quantitative estimate of drug-likeness (QED) is 0.344. The molecule has 0 spiro atoms. The molecular weight excluding hydrogens is 513 g/mol. The Kier molecular flexibility index (Phi) is 9.04. The van der Waals surface area contributed by atoms with E-state index in [-0.39, 0.29) is 30.7 Å². The van der Waals surface area contributed by atoms with Crippen molar-refractivity contribution in [2.75, 3.05) is 25.0 Å². The van der Waals surface area contributed by atoms with Crippen LogP contribution < -0.4 is 16.0 Å². The fourth-order valence-corrected chi connectivity index (χ4v) is 5.59. The van der Waals surface area contributed by atoms with E-state index in [1.807, 2.05) is 24.3 Å². The molecule has 0 bridgehead atoms. The molecule has 34 heavy (non-hydrogen) atoms. The van der Waals surface area contributed by atoms with E-state index in [1.165, 1.54) is 12.8 Å².